The number of benzene rings is 2. The normalized spacial score (nSPS) is 20.8. The monoisotopic (exact) mass is 324 g/mol. The van der Waals surface area contributed by atoms with Crippen LogP contribution >= 0.6 is 11.8 Å². The van der Waals surface area contributed by atoms with E-state index in [2.05, 4.69) is 10.6 Å². The molecule has 0 amide bonds. The summed E-state index contributed by atoms with van der Waals surface area (Å²) in [6.07, 6.45) is 0.705. The number of thioether (sulfide) groups is 1. The summed E-state index contributed by atoms with van der Waals surface area (Å²) in [5.41, 5.74) is 3.02. The number of ether oxygens (including phenoxy) is 1. The standard InChI is InChI=1S/C18H16N2O2S/c1-12-11-16(17(21)22-12)23-18-19-14-9-5-6-10-15(14)20(18)13-7-3-2-4-8-13/h2-10,12,16H,11H2,1H3/t12-,16+/m1/s1. The van der Waals surface area contributed by atoms with E-state index in [0.29, 0.717) is 0 Å². The average molecular weight is 324 g/mol. The molecule has 3 aromatic rings. The molecule has 2 heterocycles. The van der Waals surface area contributed by atoms with Crippen LogP contribution in [0.4, 0.5) is 0 Å². The summed E-state index contributed by atoms with van der Waals surface area (Å²) < 4.78 is 7.38. The molecule has 1 fully saturated rings. The Kier molecular flexibility index (Phi) is 3.58. The number of nitrogens with zero attached hydrogens (tertiary/aromatic N) is 2. The number of imidazole rings is 1. The summed E-state index contributed by atoms with van der Waals surface area (Å²) >= 11 is 1.49. The van der Waals surface area contributed by atoms with Gasteiger partial charge in [0.1, 0.15) is 11.4 Å². The van der Waals surface area contributed by atoms with Gasteiger partial charge in [-0.1, -0.05) is 42.1 Å². The first-order chi connectivity index (χ1) is 11.2. The molecule has 0 bridgehead atoms. The fourth-order valence-electron chi connectivity index (χ4n) is 2.85. The van der Waals surface area contributed by atoms with E-state index in [9.17, 15) is 4.79 Å². The van der Waals surface area contributed by atoms with Crippen molar-refractivity contribution in [3.63, 3.8) is 0 Å². The molecule has 0 unspecified atom stereocenters. The molecule has 4 nitrogen and oxygen atoms in total. The summed E-state index contributed by atoms with van der Waals surface area (Å²) in [7, 11) is 0. The van der Waals surface area contributed by atoms with Crippen LogP contribution < -0.4 is 0 Å². The van der Waals surface area contributed by atoms with Gasteiger partial charge in [-0.15, -0.1) is 0 Å². The Bertz CT molecular complexity index is 860. The minimum absolute atomic E-state index is 0.0189. The fourth-order valence-corrected chi connectivity index (χ4v) is 4.09. The molecule has 5 heteroatoms. The number of hydrogen-bond donors (Lipinski definition) is 0. The molecule has 1 aromatic heterocycles. The zero-order valence-corrected chi connectivity index (χ0v) is 13.5. The number of cyclic esters (lactones) is 1. The molecular weight excluding hydrogens is 308 g/mol. The summed E-state index contributed by atoms with van der Waals surface area (Å²) in [5, 5.41) is 0.637. The van der Waals surface area contributed by atoms with Gasteiger partial charge in [-0.3, -0.25) is 9.36 Å². The number of para-hydroxylation sites is 3. The molecule has 23 heavy (non-hydrogen) atoms. The van der Waals surface area contributed by atoms with E-state index in [1.807, 2.05) is 55.5 Å². The Labute approximate surface area is 138 Å². The minimum Gasteiger partial charge on any atom is -0.462 e. The van der Waals surface area contributed by atoms with Crippen LogP contribution in [0.1, 0.15) is 13.3 Å². The molecule has 2 aromatic carbocycles. The van der Waals surface area contributed by atoms with Crippen LogP contribution in [0.5, 0.6) is 0 Å². The molecule has 0 spiro atoms. The zero-order chi connectivity index (χ0) is 15.8. The van der Waals surface area contributed by atoms with Crippen LogP contribution in [0.2, 0.25) is 0 Å². The van der Waals surface area contributed by atoms with Crippen molar-refractivity contribution >= 4 is 28.8 Å². The highest BCUT2D eigenvalue weighted by Gasteiger charge is 2.34. The van der Waals surface area contributed by atoms with Gasteiger partial charge in [-0.2, -0.15) is 0 Å². The van der Waals surface area contributed by atoms with Gasteiger partial charge in [0.15, 0.2) is 5.16 Å². The highest BCUT2D eigenvalue weighted by molar-refractivity contribution is 8.00. The third-order valence-electron chi connectivity index (χ3n) is 3.92. The number of carbonyl (C=O) groups is 1. The molecule has 0 N–H and O–H groups in total. The van der Waals surface area contributed by atoms with Gasteiger partial charge in [0.05, 0.1) is 11.0 Å². The third kappa shape index (κ3) is 2.61. The number of fused-ring (bicyclic) bond motifs is 1. The number of carbonyl (C=O) groups excluding carboxylic acids is 1. The van der Waals surface area contributed by atoms with Crippen LogP contribution in [0.25, 0.3) is 16.7 Å². The average Bonchev–Trinajstić information content (AvgIpc) is 3.07. The van der Waals surface area contributed by atoms with Gasteiger partial charge in [-0.05, 0) is 31.2 Å². The number of rotatable bonds is 3. The van der Waals surface area contributed by atoms with Gasteiger partial charge in [0, 0.05) is 12.1 Å². The molecular formula is C18H16N2O2S. The Morgan fingerprint density at radius 1 is 1.13 bits per heavy atom. The van der Waals surface area contributed by atoms with E-state index < -0.39 is 0 Å². The molecule has 1 aliphatic rings. The minimum atomic E-state index is -0.190. The first-order valence-electron chi connectivity index (χ1n) is 7.62. The maximum absolute atomic E-state index is 12.0. The highest BCUT2D eigenvalue weighted by atomic mass is 32.2. The van der Waals surface area contributed by atoms with Crippen LogP contribution in [0.15, 0.2) is 59.8 Å². The fraction of sp³-hybridized carbons (Fsp3) is 0.222. The maximum atomic E-state index is 12.0. The molecule has 0 radical (unpaired) electrons. The number of aromatic nitrogens is 2. The van der Waals surface area contributed by atoms with E-state index in [0.717, 1.165) is 28.3 Å². The summed E-state index contributed by atoms with van der Waals surface area (Å²) in [6, 6.07) is 18.1. The third-order valence-corrected chi connectivity index (χ3v) is 5.07. The second kappa shape index (κ2) is 5.74. The molecule has 0 aliphatic carbocycles. The first-order valence-corrected chi connectivity index (χ1v) is 8.50. The summed E-state index contributed by atoms with van der Waals surface area (Å²) in [4.78, 5) is 16.7. The van der Waals surface area contributed by atoms with Crippen molar-refractivity contribution in [2.24, 2.45) is 0 Å². The summed E-state index contributed by atoms with van der Waals surface area (Å²) in [5.74, 6) is -0.144. The Morgan fingerprint density at radius 2 is 1.87 bits per heavy atom. The molecule has 116 valence electrons. The van der Waals surface area contributed by atoms with Crippen LogP contribution in [-0.2, 0) is 9.53 Å². The van der Waals surface area contributed by atoms with Gasteiger partial charge in [0.25, 0.3) is 0 Å². The zero-order valence-electron chi connectivity index (χ0n) is 12.7. The van der Waals surface area contributed by atoms with Crippen molar-refractivity contribution < 1.29 is 9.53 Å². The lowest BCUT2D eigenvalue weighted by molar-refractivity contribution is -0.140. The first kappa shape index (κ1) is 14.3. The molecule has 0 saturated carbocycles. The topological polar surface area (TPSA) is 44.1 Å². The lowest BCUT2D eigenvalue weighted by Gasteiger charge is -2.10. The second-order valence-corrected chi connectivity index (χ2v) is 6.81. The van der Waals surface area contributed by atoms with Crippen LogP contribution in [0, 0.1) is 0 Å². The van der Waals surface area contributed by atoms with Crippen LogP contribution in [0.3, 0.4) is 0 Å². The molecule has 1 saturated heterocycles. The Hall–Kier alpha value is -2.27. The lowest BCUT2D eigenvalue weighted by atomic mass is 10.3. The van der Waals surface area contributed by atoms with Gasteiger partial charge in [0.2, 0.25) is 0 Å². The number of hydrogen-bond acceptors (Lipinski definition) is 4. The van der Waals surface area contributed by atoms with E-state index in [4.69, 9.17) is 9.72 Å². The van der Waals surface area contributed by atoms with Crippen molar-refractivity contribution in [3.05, 3.63) is 54.6 Å². The van der Waals surface area contributed by atoms with Crippen molar-refractivity contribution in [2.45, 2.75) is 29.9 Å². The predicted octanol–water partition coefficient (Wildman–Crippen LogP) is 3.82. The quantitative estimate of drug-likeness (QED) is 0.687. The van der Waals surface area contributed by atoms with Crippen molar-refractivity contribution in [1.82, 2.24) is 9.55 Å². The molecule has 2 atom stereocenters. The maximum Gasteiger partial charge on any atom is 0.319 e. The largest absolute Gasteiger partial charge is 0.462 e. The molecule has 1 aliphatic heterocycles. The summed E-state index contributed by atoms with van der Waals surface area (Å²) in [6.45, 7) is 1.93. The number of esters is 1. The predicted molar refractivity (Wildman–Crippen MR) is 90.9 cm³/mol. The van der Waals surface area contributed by atoms with Gasteiger partial charge >= 0.3 is 5.97 Å². The van der Waals surface area contributed by atoms with Crippen molar-refractivity contribution in [3.8, 4) is 5.69 Å². The van der Waals surface area contributed by atoms with E-state index >= 15 is 0 Å². The molecule has 4 rings (SSSR count). The SMILES string of the molecule is C[C@@H]1C[C@H](Sc2nc3ccccc3n2-c2ccccc2)C(=O)O1. The van der Waals surface area contributed by atoms with Gasteiger partial charge < -0.3 is 4.74 Å². The second-order valence-electron chi connectivity index (χ2n) is 5.64. The van der Waals surface area contributed by atoms with Crippen molar-refractivity contribution in [1.29, 1.82) is 0 Å². The smallest absolute Gasteiger partial charge is 0.319 e. The van der Waals surface area contributed by atoms with Crippen LogP contribution in [-0.4, -0.2) is 26.9 Å². The van der Waals surface area contributed by atoms with E-state index in [1.54, 1.807) is 0 Å². The highest BCUT2D eigenvalue weighted by Crippen LogP contribution is 2.35. The Morgan fingerprint density at radius 3 is 2.61 bits per heavy atom. The van der Waals surface area contributed by atoms with E-state index in [-0.39, 0.29) is 17.3 Å². The van der Waals surface area contributed by atoms with Gasteiger partial charge in [-0.25, -0.2) is 4.98 Å². The lowest BCUT2D eigenvalue weighted by Crippen LogP contribution is -2.11. The Balaban J connectivity index is 1.81. The van der Waals surface area contributed by atoms with E-state index in [1.165, 1.54) is 11.8 Å². The van der Waals surface area contributed by atoms with Crippen molar-refractivity contribution in [2.75, 3.05) is 0 Å².